The van der Waals surface area contributed by atoms with Crippen LogP contribution in [0.5, 0.6) is 5.75 Å². The molecule has 1 amide bonds. The van der Waals surface area contributed by atoms with Gasteiger partial charge in [-0.3, -0.25) is 19.8 Å². The lowest BCUT2D eigenvalue weighted by Gasteiger charge is -2.09. The Kier molecular flexibility index (Phi) is 6.94. The number of fused-ring (bicyclic) bond motifs is 1. The highest BCUT2D eigenvalue weighted by Gasteiger charge is 2.17. The number of hydrogen-bond donors (Lipinski definition) is 2. The van der Waals surface area contributed by atoms with Crippen molar-refractivity contribution in [2.24, 2.45) is 0 Å². The van der Waals surface area contributed by atoms with Crippen LogP contribution in [0.4, 0.5) is 10.7 Å². The van der Waals surface area contributed by atoms with Gasteiger partial charge in [-0.25, -0.2) is 14.8 Å². The molecule has 3 aromatic rings. The zero-order chi connectivity index (χ0) is 20.8. The fraction of sp³-hybridized carbons (Fsp3) is 0.353. The molecule has 0 bridgehead atoms. The molecule has 11 heteroatoms. The molecule has 28 heavy (non-hydrogen) atoms. The monoisotopic (exact) mass is 408 g/mol. The molecule has 0 saturated heterocycles. The quantitative estimate of drug-likeness (QED) is 0.636. The maximum atomic E-state index is 12.5. The van der Waals surface area contributed by atoms with Crippen LogP contribution in [0.25, 0.3) is 11.0 Å². The largest absolute Gasteiger partial charge is 0.496 e. The first kappa shape index (κ1) is 21.2. The van der Waals surface area contributed by atoms with Gasteiger partial charge in [-0.2, -0.15) is 5.10 Å². The lowest BCUT2D eigenvalue weighted by molar-refractivity contribution is 0.186. The van der Waals surface area contributed by atoms with Gasteiger partial charge in [-0.1, -0.05) is 25.4 Å². The van der Waals surface area contributed by atoms with Crippen LogP contribution >= 0.6 is 11.6 Å². The molecule has 0 aliphatic heterocycles. The summed E-state index contributed by atoms with van der Waals surface area (Å²) in [5.74, 6) is 0.502. The summed E-state index contributed by atoms with van der Waals surface area (Å²) < 4.78 is 11.3. The number of anilines is 1. The van der Waals surface area contributed by atoms with E-state index in [2.05, 4.69) is 30.1 Å². The Morgan fingerprint density at radius 2 is 2.07 bits per heavy atom. The van der Waals surface area contributed by atoms with Gasteiger partial charge in [0.2, 0.25) is 5.95 Å². The van der Waals surface area contributed by atoms with E-state index in [4.69, 9.17) is 16.3 Å². The highest BCUT2D eigenvalue weighted by molar-refractivity contribution is 6.29. The molecule has 0 aromatic carbocycles. The van der Waals surface area contributed by atoms with Gasteiger partial charge in [0.05, 0.1) is 26.5 Å². The molecule has 0 atom stereocenters. The lowest BCUT2D eigenvalue weighted by Crippen LogP contribution is -2.19. The third-order valence-electron chi connectivity index (χ3n) is 3.62. The molecule has 150 valence electrons. The molecule has 0 aliphatic rings. The average Bonchev–Trinajstić information content (AvgIpc) is 3.00. The number of amides is 1. The Bertz CT molecular complexity index is 1050. The molecular formula is C17H21ClN6O4. The predicted octanol–water partition coefficient (Wildman–Crippen LogP) is 2.74. The summed E-state index contributed by atoms with van der Waals surface area (Å²) in [7, 11) is 2.73. The van der Waals surface area contributed by atoms with Gasteiger partial charge < -0.3 is 9.47 Å². The van der Waals surface area contributed by atoms with Crippen LogP contribution in [0, 0.1) is 6.92 Å². The highest BCUT2D eigenvalue weighted by Crippen LogP contribution is 2.23. The van der Waals surface area contributed by atoms with Gasteiger partial charge in [0.15, 0.2) is 5.52 Å². The minimum absolute atomic E-state index is 0.0252. The van der Waals surface area contributed by atoms with Crippen LogP contribution in [-0.2, 0) is 11.3 Å². The molecule has 0 unspecified atom stereocenters. The Hall–Kier alpha value is -3.14. The second-order valence-electron chi connectivity index (χ2n) is 5.29. The summed E-state index contributed by atoms with van der Waals surface area (Å²) in [6.07, 6.45) is 0.813. The van der Waals surface area contributed by atoms with E-state index in [1.807, 2.05) is 13.8 Å². The van der Waals surface area contributed by atoms with Crippen molar-refractivity contribution in [3.8, 4) is 5.75 Å². The number of aromatic nitrogens is 5. The van der Waals surface area contributed by atoms with Crippen molar-refractivity contribution in [2.75, 3.05) is 19.5 Å². The second-order valence-corrected chi connectivity index (χ2v) is 5.68. The number of nitrogens with one attached hydrogen (secondary N) is 2. The molecular weight excluding hydrogens is 388 g/mol. The molecule has 0 spiro atoms. The molecule has 3 aromatic heterocycles. The first-order valence-corrected chi connectivity index (χ1v) is 8.81. The standard InChI is InChI=1S/C15H15ClN6O4.C2H6/c1-7-11-12(13(23)19-14(18-11)20-15(24)26-3)22(21-7)6-8-5-17-10(16)4-9(8)25-2;1-2/h4-5H,6H2,1-3H3,(H2,18,19,20,23,24);1-2H3. The van der Waals surface area contributed by atoms with Crippen molar-refractivity contribution in [3.05, 3.63) is 39.0 Å². The molecule has 0 saturated carbocycles. The molecule has 0 radical (unpaired) electrons. The summed E-state index contributed by atoms with van der Waals surface area (Å²) >= 11 is 5.87. The highest BCUT2D eigenvalue weighted by atomic mass is 35.5. The first-order chi connectivity index (χ1) is 13.4. The Morgan fingerprint density at radius 1 is 1.36 bits per heavy atom. The zero-order valence-corrected chi connectivity index (χ0v) is 16.9. The number of carbonyl (C=O) groups excluding carboxylic acids is 1. The molecule has 0 aliphatic carbocycles. The van der Waals surface area contributed by atoms with Crippen LogP contribution in [0.15, 0.2) is 17.1 Å². The minimum atomic E-state index is -0.741. The fourth-order valence-corrected chi connectivity index (χ4v) is 2.62. The van der Waals surface area contributed by atoms with Gasteiger partial charge in [0, 0.05) is 17.8 Å². The van der Waals surface area contributed by atoms with Crippen LogP contribution < -0.4 is 15.6 Å². The SMILES string of the molecule is CC.COC(=O)Nc1nc2c(C)nn(Cc3cnc(Cl)cc3OC)c2c(=O)[nH]1. The zero-order valence-electron chi connectivity index (χ0n) is 16.2. The number of rotatable bonds is 4. The summed E-state index contributed by atoms with van der Waals surface area (Å²) in [6.45, 7) is 5.94. The van der Waals surface area contributed by atoms with E-state index in [9.17, 15) is 9.59 Å². The van der Waals surface area contributed by atoms with Gasteiger partial charge in [-0.15, -0.1) is 0 Å². The van der Waals surface area contributed by atoms with Crippen molar-refractivity contribution >= 4 is 34.7 Å². The Balaban J connectivity index is 0.00000136. The summed E-state index contributed by atoms with van der Waals surface area (Å²) in [5.41, 5.74) is 1.39. The smallest absolute Gasteiger partial charge is 0.413 e. The number of H-pyrrole nitrogens is 1. The number of aromatic amines is 1. The van der Waals surface area contributed by atoms with E-state index < -0.39 is 11.7 Å². The molecule has 3 heterocycles. The van der Waals surface area contributed by atoms with Crippen LogP contribution in [-0.4, -0.2) is 45.0 Å². The number of methoxy groups -OCH3 is 2. The van der Waals surface area contributed by atoms with Crippen molar-refractivity contribution in [1.29, 1.82) is 0 Å². The van der Waals surface area contributed by atoms with Gasteiger partial charge in [0.1, 0.15) is 16.4 Å². The van der Waals surface area contributed by atoms with Crippen molar-refractivity contribution in [3.63, 3.8) is 0 Å². The number of halogens is 1. The molecule has 3 rings (SSSR count). The van der Waals surface area contributed by atoms with Crippen molar-refractivity contribution < 1.29 is 14.3 Å². The molecule has 10 nitrogen and oxygen atoms in total. The van der Waals surface area contributed by atoms with E-state index in [1.165, 1.54) is 18.9 Å². The maximum absolute atomic E-state index is 12.5. The van der Waals surface area contributed by atoms with E-state index in [1.54, 1.807) is 19.2 Å². The lowest BCUT2D eigenvalue weighted by atomic mass is 10.2. The van der Waals surface area contributed by atoms with E-state index >= 15 is 0 Å². The third kappa shape index (κ3) is 4.39. The number of carbonyl (C=O) groups is 1. The number of pyridine rings is 1. The minimum Gasteiger partial charge on any atom is -0.496 e. The van der Waals surface area contributed by atoms with Crippen LogP contribution in [0.2, 0.25) is 5.15 Å². The molecule has 2 N–H and O–H groups in total. The number of nitrogens with zero attached hydrogens (tertiary/aromatic N) is 4. The van der Waals surface area contributed by atoms with Crippen LogP contribution in [0.3, 0.4) is 0 Å². The van der Waals surface area contributed by atoms with Gasteiger partial charge in [0.25, 0.3) is 5.56 Å². The first-order valence-electron chi connectivity index (χ1n) is 8.43. The summed E-state index contributed by atoms with van der Waals surface area (Å²) in [6, 6.07) is 1.58. The van der Waals surface area contributed by atoms with Crippen molar-refractivity contribution in [2.45, 2.75) is 27.3 Å². The second kappa shape index (κ2) is 9.18. The van der Waals surface area contributed by atoms with Crippen molar-refractivity contribution in [1.82, 2.24) is 24.7 Å². The normalized spacial score (nSPS) is 10.2. The maximum Gasteiger partial charge on any atom is 0.413 e. The topological polar surface area (TPSA) is 124 Å². The third-order valence-corrected chi connectivity index (χ3v) is 3.83. The van der Waals surface area contributed by atoms with Gasteiger partial charge >= 0.3 is 6.09 Å². The van der Waals surface area contributed by atoms with Crippen LogP contribution in [0.1, 0.15) is 25.1 Å². The fourth-order valence-electron chi connectivity index (χ4n) is 2.47. The van der Waals surface area contributed by atoms with Gasteiger partial charge in [-0.05, 0) is 6.92 Å². The summed E-state index contributed by atoms with van der Waals surface area (Å²) in [4.78, 5) is 34.5. The van der Waals surface area contributed by atoms with E-state index in [-0.39, 0.29) is 18.0 Å². The Labute approximate surface area is 165 Å². The predicted molar refractivity (Wildman–Crippen MR) is 105 cm³/mol. The number of hydrogen-bond acceptors (Lipinski definition) is 7. The average molecular weight is 409 g/mol. The van der Waals surface area contributed by atoms with E-state index in [0.717, 1.165) is 0 Å². The Morgan fingerprint density at radius 3 is 2.71 bits per heavy atom. The number of aryl methyl sites for hydroxylation is 1. The summed E-state index contributed by atoms with van der Waals surface area (Å²) in [5, 5.41) is 6.98. The van der Waals surface area contributed by atoms with E-state index in [0.29, 0.717) is 27.7 Å². The number of ether oxygens (including phenoxy) is 2. The molecule has 0 fully saturated rings.